The van der Waals surface area contributed by atoms with Crippen LogP contribution in [-0.4, -0.2) is 0 Å². The van der Waals surface area contributed by atoms with Crippen LogP contribution in [0.1, 0.15) is 77.6 Å². The van der Waals surface area contributed by atoms with Gasteiger partial charge < -0.3 is 4.90 Å². The molecule has 276 valence electrons. The maximum atomic E-state index is 2.51. The minimum absolute atomic E-state index is 0.0391. The lowest BCUT2D eigenvalue weighted by atomic mass is 9.74. The summed E-state index contributed by atoms with van der Waals surface area (Å²) in [6.07, 6.45) is 0. The lowest BCUT2D eigenvalue weighted by Gasteiger charge is -2.31. The highest BCUT2D eigenvalue weighted by atomic mass is 15.1. The third-order valence-electron chi connectivity index (χ3n) is 12.1. The minimum atomic E-state index is -0.149. The Hall–Kier alpha value is -5.92. The molecule has 8 aromatic rings. The van der Waals surface area contributed by atoms with E-state index < -0.39 is 0 Å². The molecule has 9 rings (SSSR count). The van der Waals surface area contributed by atoms with Gasteiger partial charge in [-0.3, -0.25) is 0 Å². The molecule has 1 heteroatoms. The molecule has 0 N–H and O–H groups in total. The summed E-state index contributed by atoms with van der Waals surface area (Å²) in [5, 5.41) is 4.97. The Balaban J connectivity index is 1.29. The second kappa shape index (κ2) is 13.1. The Labute approximate surface area is 333 Å². The first-order valence-corrected chi connectivity index (χ1v) is 20.1. The number of hydrogen-bond acceptors (Lipinski definition) is 1. The molecule has 0 aliphatic heterocycles. The summed E-state index contributed by atoms with van der Waals surface area (Å²) in [6.45, 7) is 19.0. The highest BCUT2D eigenvalue weighted by molar-refractivity contribution is 6.04. The topological polar surface area (TPSA) is 3.24 Å². The molecular weight excluding hydrogens is 675 g/mol. The van der Waals surface area contributed by atoms with E-state index in [9.17, 15) is 0 Å². The van der Waals surface area contributed by atoms with Gasteiger partial charge in [-0.05, 0) is 101 Å². The van der Waals surface area contributed by atoms with Crippen LogP contribution < -0.4 is 4.90 Å². The second-order valence-corrected chi connectivity index (χ2v) is 18.2. The summed E-state index contributed by atoms with van der Waals surface area (Å²) in [5.41, 5.74) is 16.7. The van der Waals surface area contributed by atoms with Gasteiger partial charge in [-0.1, -0.05) is 195 Å². The lowest BCUT2D eigenvalue weighted by molar-refractivity contribution is 0.564. The van der Waals surface area contributed by atoms with Crippen LogP contribution >= 0.6 is 0 Å². The quantitative estimate of drug-likeness (QED) is 0.171. The Bertz CT molecular complexity index is 2770. The van der Waals surface area contributed by atoms with Gasteiger partial charge in [0.25, 0.3) is 0 Å². The molecule has 0 fully saturated rings. The van der Waals surface area contributed by atoms with Crippen molar-refractivity contribution < 1.29 is 0 Å². The van der Waals surface area contributed by atoms with Crippen LogP contribution in [0.25, 0.3) is 54.9 Å². The summed E-state index contributed by atoms with van der Waals surface area (Å²) in [4.78, 5) is 2.48. The number of hydrogen-bond donors (Lipinski definition) is 0. The molecule has 0 aromatic heterocycles. The first-order chi connectivity index (χ1) is 26.8. The zero-order chi connectivity index (χ0) is 39.0. The van der Waals surface area contributed by atoms with Gasteiger partial charge in [0, 0.05) is 22.1 Å². The number of rotatable bonds is 5. The van der Waals surface area contributed by atoms with E-state index in [0.29, 0.717) is 0 Å². The van der Waals surface area contributed by atoms with Crippen molar-refractivity contribution in [2.45, 2.75) is 71.6 Å². The van der Waals surface area contributed by atoms with Gasteiger partial charge in [0.2, 0.25) is 0 Å². The van der Waals surface area contributed by atoms with Crippen LogP contribution in [-0.2, 0) is 16.2 Å². The fourth-order valence-electron chi connectivity index (χ4n) is 9.12. The molecule has 0 radical (unpaired) electrons. The van der Waals surface area contributed by atoms with E-state index in [4.69, 9.17) is 0 Å². The normalized spacial score (nSPS) is 13.5. The van der Waals surface area contributed by atoms with E-state index in [0.717, 1.165) is 17.1 Å². The van der Waals surface area contributed by atoms with Gasteiger partial charge in [0.1, 0.15) is 0 Å². The van der Waals surface area contributed by atoms with Crippen LogP contribution in [0.2, 0.25) is 0 Å². The second-order valence-electron chi connectivity index (χ2n) is 18.2. The van der Waals surface area contributed by atoms with Gasteiger partial charge in [0.15, 0.2) is 0 Å². The summed E-state index contributed by atoms with van der Waals surface area (Å²) in [7, 11) is 0. The highest BCUT2D eigenvalue weighted by Gasteiger charge is 2.41. The SMILES string of the molecule is CC(C)(C)c1cc(C(C)(C)C)c2c(c1)C(C)(C)c1cccc(-c3ccccc3N(c3ccc(-c4cccc5ccccc45)cc3)c3cccc4ccccc34)c1-2. The Morgan fingerprint density at radius 1 is 0.429 bits per heavy atom. The maximum Gasteiger partial charge on any atom is 0.0540 e. The first-order valence-electron chi connectivity index (χ1n) is 20.1. The molecule has 1 nitrogen and oxygen atoms in total. The third-order valence-corrected chi connectivity index (χ3v) is 12.1. The fraction of sp³-hybridized carbons (Fsp3) is 0.200. The van der Waals surface area contributed by atoms with Crippen molar-refractivity contribution in [1.82, 2.24) is 0 Å². The van der Waals surface area contributed by atoms with E-state index >= 15 is 0 Å². The minimum Gasteiger partial charge on any atom is -0.309 e. The van der Waals surface area contributed by atoms with Crippen molar-refractivity contribution in [3.63, 3.8) is 0 Å². The summed E-state index contributed by atoms with van der Waals surface area (Å²) in [6, 6.07) is 61.0. The Kier molecular flexibility index (Phi) is 8.36. The number of anilines is 3. The Morgan fingerprint density at radius 2 is 0.982 bits per heavy atom. The molecule has 0 spiro atoms. The standard InChI is InChI=1S/C55H51N/c1-53(2,3)39-34-47(54(4,5)6)52-48(35-39)55(7,8)46-27-17-26-45(51(46)52)44-24-13-14-28-50(44)56(49-29-16-21-37-19-10-12-23-43(37)49)40-32-30-38(31-33-40)42-25-15-20-36-18-9-11-22-41(36)42/h9-35H,1-8H3. The molecule has 56 heavy (non-hydrogen) atoms. The predicted octanol–water partition coefficient (Wildman–Crippen LogP) is 15.7. The van der Waals surface area contributed by atoms with Gasteiger partial charge in [-0.15, -0.1) is 0 Å². The van der Waals surface area contributed by atoms with Crippen LogP contribution in [0.4, 0.5) is 17.1 Å². The van der Waals surface area contributed by atoms with Gasteiger partial charge >= 0.3 is 0 Å². The zero-order valence-corrected chi connectivity index (χ0v) is 34.0. The molecule has 0 bridgehead atoms. The van der Waals surface area contributed by atoms with E-state index in [1.807, 2.05) is 0 Å². The molecule has 0 saturated heterocycles. The molecule has 0 amide bonds. The van der Waals surface area contributed by atoms with Crippen molar-refractivity contribution in [2.75, 3.05) is 4.90 Å². The highest BCUT2D eigenvalue weighted by Crippen LogP contribution is 2.57. The molecule has 1 aliphatic rings. The number of fused-ring (bicyclic) bond motifs is 5. The molecule has 0 heterocycles. The number of para-hydroxylation sites is 1. The molecule has 1 aliphatic carbocycles. The van der Waals surface area contributed by atoms with Gasteiger partial charge in [0.05, 0.1) is 11.4 Å². The lowest BCUT2D eigenvalue weighted by Crippen LogP contribution is -2.21. The number of nitrogens with zero attached hydrogens (tertiary/aromatic N) is 1. The fourth-order valence-corrected chi connectivity index (χ4v) is 9.12. The van der Waals surface area contributed by atoms with Crippen molar-refractivity contribution in [3.05, 3.63) is 186 Å². The molecule has 0 atom stereocenters. The average Bonchev–Trinajstić information content (AvgIpc) is 3.43. The van der Waals surface area contributed by atoms with Crippen LogP contribution in [0.15, 0.2) is 164 Å². The van der Waals surface area contributed by atoms with Crippen LogP contribution in [0.5, 0.6) is 0 Å². The van der Waals surface area contributed by atoms with Crippen molar-refractivity contribution in [1.29, 1.82) is 0 Å². The van der Waals surface area contributed by atoms with Crippen molar-refractivity contribution in [2.24, 2.45) is 0 Å². The van der Waals surface area contributed by atoms with E-state index in [1.54, 1.807) is 0 Å². The monoisotopic (exact) mass is 725 g/mol. The Morgan fingerprint density at radius 3 is 1.70 bits per heavy atom. The van der Waals surface area contributed by atoms with Crippen LogP contribution in [0, 0.1) is 0 Å². The molecule has 8 aromatic carbocycles. The first kappa shape index (κ1) is 35.8. The smallest absolute Gasteiger partial charge is 0.0540 e. The third kappa shape index (κ3) is 5.84. The summed E-state index contributed by atoms with van der Waals surface area (Å²) in [5.74, 6) is 0. The van der Waals surface area contributed by atoms with Crippen LogP contribution in [0.3, 0.4) is 0 Å². The molecule has 0 unspecified atom stereocenters. The van der Waals surface area contributed by atoms with Crippen molar-refractivity contribution in [3.8, 4) is 33.4 Å². The van der Waals surface area contributed by atoms with E-state index in [1.165, 1.54) is 77.2 Å². The average molecular weight is 726 g/mol. The largest absolute Gasteiger partial charge is 0.309 e. The number of benzene rings is 8. The molecule has 0 saturated carbocycles. The molecular formula is C55H51N. The van der Waals surface area contributed by atoms with E-state index in [-0.39, 0.29) is 16.2 Å². The van der Waals surface area contributed by atoms with Gasteiger partial charge in [-0.2, -0.15) is 0 Å². The maximum absolute atomic E-state index is 2.51. The van der Waals surface area contributed by atoms with E-state index in [2.05, 4.69) is 224 Å². The zero-order valence-electron chi connectivity index (χ0n) is 34.0. The summed E-state index contributed by atoms with van der Waals surface area (Å²) >= 11 is 0. The van der Waals surface area contributed by atoms with Crippen molar-refractivity contribution >= 4 is 38.6 Å². The predicted molar refractivity (Wildman–Crippen MR) is 242 cm³/mol. The van der Waals surface area contributed by atoms with Gasteiger partial charge in [-0.25, -0.2) is 0 Å². The summed E-state index contributed by atoms with van der Waals surface area (Å²) < 4.78 is 0.